The summed E-state index contributed by atoms with van der Waals surface area (Å²) in [5, 5.41) is 3.96. The number of benzene rings is 1. The highest BCUT2D eigenvalue weighted by Crippen LogP contribution is 2.79. The van der Waals surface area contributed by atoms with Gasteiger partial charge < -0.3 is 5.32 Å². The number of anilines is 1. The third-order valence-corrected chi connectivity index (χ3v) is 8.84. The summed E-state index contributed by atoms with van der Waals surface area (Å²) in [6.45, 7) is 2.24. The Balaban J connectivity index is 1.64. The van der Waals surface area contributed by atoms with Crippen LogP contribution in [0, 0.1) is 17.3 Å². The van der Waals surface area contributed by atoms with E-state index >= 15 is 0 Å². The summed E-state index contributed by atoms with van der Waals surface area (Å²) in [7, 11) is 0. The van der Waals surface area contributed by atoms with Crippen LogP contribution in [0.3, 0.4) is 0 Å². The largest absolute Gasteiger partial charge is 0.378 e. The molecule has 0 radical (unpaired) electrons. The van der Waals surface area contributed by atoms with E-state index in [4.69, 9.17) is 0 Å². The van der Waals surface area contributed by atoms with Gasteiger partial charge in [0.25, 0.3) is 0 Å². The van der Waals surface area contributed by atoms with Crippen LogP contribution in [0.2, 0.25) is 0 Å². The Morgan fingerprint density at radius 1 is 1.13 bits per heavy atom. The molecule has 1 aromatic carbocycles. The number of hydrogen-bond donors (Lipinski definition) is 1. The molecule has 6 fully saturated rings. The average molecular weight is 306 g/mol. The lowest BCUT2D eigenvalue weighted by Gasteiger charge is -2.67. The van der Waals surface area contributed by atoms with Gasteiger partial charge in [-0.1, -0.05) is 18.2 Å². The van der Waals surface area contributed by atoms with E-state index in [2.05, 4.69) is 34.5 Å². The molecule has 23 heavy (non-hydrogen) atoms. The molecule has 0 aromatic heterocycles. The summed E-state index contributed by atoms with van der Waals surface area (Å²) in [5.41, 5.74) is 3.36. The number of nitrogens with zero attached hydrogens (tertiary/aromatic N) is 1. The van der Waals surface area contributed by atoms with E-state index in [1.807, 2.05) is 0 Å². The maximum absolute atomic E-state index is 13.4. The smallest absolute Gasteiger partial charge is 0.143 e. The Morgan fingerprint density at radius 3 is 3.00 bits per heavy atom. The summed E-state index contributed by atoms with van der Waals surface area (Å²) in [6, 6.07) is 9.55. The van der Waals surface area contributed by atoms with E-state index in [1.54, 1.807) is 0 Å². The first-order valence-corrected chi connectivity index (χ1v) is 9.38. The lowest BCUT2D eigenvalue weighted by molar-refractivity contribution is -0.136. The number of fused-ring (bicyclic) bond motifs is 2. The molecular weight excluding hydrogens is 284 g/mol. The molecule has 3 heteroatoms. The second-order valence-electron chi connectivity index (χ2n) is 9.09. The molecule has 4 aliphatic carbocycles. The van der Waals surface area contributed by atoms with Crippen LogP contribution in [0.4, 0.5) is 5.69 Å². The first-order valence-electron chi connectivity index (χ1n) is 9.38. The van der Waals surface area contributed by atoms with E-state index in [0.717, 1.165) is 13.0 Å². The van der Waals surface area contributed by atoms with Crippen molar-refractivity contribution in [3.63, 3.8) is 0 Å². The van der Waals surface area contributed by atoms with E-state index in [9.17, 15) is 4.79 Å². The normalized spacial score (nSPS) is 54.1. The Labute approximate surface area is 136 Å². The second-order valence-corrected chi connectivity index (χ2v) is 9.09. The first kappa shape index (κ1) is 12.1. The van der Waals surface area contributed by atoms with Gasteiger partial charge in [-0.25, -0.2) is 0 Å². The average Bonchev–Trinajstić information content (AvgIpc) is 3.13. The molecule has 1 N–H and O–H groups in total. The molecule has 7 aliphatic rings. The van der Waals surface area contributed by atoms with Crippen LogP contribution >= 0.6 is 0 Å². The van der Waals surface area contributed by atoms with E-state index < -0.39 is 0 Å². The fourth-order valence-corrected chi connectivity index (χ4v) is 8.57. The first-order chi connectivity index (χ1) is 11.2. The number of rotatable bonds is 0. The molecule has 4 bridgehead atoms. The number of hydrogen-bond acceptors (Lipinski definition) is 3. The summed E-state index contributed by atoms with van der Waals surface area (Å²) in [5.74, 6) is 1.11. The molecular formula is C20H22N2O. The number of Topliss-reactive ketones (excluding diaryl/α,β-unsaturated/α-hetero) is 1. The summed E-state index contributed by atoms with van der Waals surface area (Å²) < 4.78 is 0. The molecule has 8 rings (SSSR count). The van der Waals surface area contributed by atoms with Crippen molar-refractivity contribution in [3.8, 4) is 0 Å². The number of piperidine rings is 1. The van der Waals surface area contributed by atoms with Gasteiger partial charge in [0.15, 0.2) is 0 Å². The summed E-state index contributed by atoms with van der Waals surface area (Å²) >= 11 is 0. The minimum atomic E-state index is 0.0386. The summed E-state index contributed by atoms with van der Waals surface area (Å²) in [4.78, 5) is 16.1. The topological polar surface area (TPSA) is 32.3 Å². The molecule has 3 spiro atoms. The Hall–Kier alpha value is -1.35. The van der Waals surface area contributed by atoms with Crippen molar-refractivity contribution in [2.45, 2.75) is 49.1 Å². The lowest BCUT2D eigenvalue weighted by Crippen LogP contribution is -2.74. The zero-order valence-electron chi connectivity index (χ0n) is 13.3. The fraction of sp³-hybridized carbons (Fsp3) is 0.650. The van der Waals surface area contributed by atoms with E-state index in [-0.39, 0.29) is 22.8 Å². The van der Waals surface area contributed by atoms with Crippen molar-refractivity contribution in [2.75, 3.05) is 18.4 Å². The zero-order chi connectivity index (χ0) is 15.0. The van der Waals surface area contributed by atoms with Crippen molar-refractivity contribution < 1.29 is 4.79 Å². The molecule has 2 saturated heterocycles. The molecule has 118 valence electrons. The highest BCUT2D eigenvalue weighted by molar-refractivity contribution is 5.96. The number of para-hydroxylation sites is 1. The number of carbonyl (C=O) groups is 1. The van der Waals surface area contributed by atoms with Gasteiger partial charge in [0, 0.05) is 35.5 Å². The minimum Gasteiger partial charge on any atom is -0.378 e. The Kier molecular flexibility index (Phi) is 1.70. The second kappa shape index (κ2) is 3.23. The quantitative estimate of drug-likeness (QED) is 0.799. The van der Waals surface area contributed by atoms with Crippen molar-refractivity contribution in [2.24, 2.45) is 17.3 Å². The van der Waals surface area contributed by atoms with Gasteiger partial charge in [0.05, 0.1) is 5.54 Å². The van der Waals surface area contributed by atoms with Crippen molar-refractivity contribution >= 4 is 11.5 Å². The van der Waals surface area contributed by atoms with E-state index in [0.29, 0.717) is 17.2 Å². The molecule has 6 atom stereocenters. The van der Waals surface area contributed by atoms with Gasteiger partial charge in [-0.15, -0.1) is 0 Å². The molecule has 3 nitrogen and oxygen atoms in total. The standard InChI is InChI=1S/C20H22N2O/c23-16-13-10-18-6-3-9-22-11-14(16)20(17(18)22)12-4-1-2-5-15(12)21-19(13,20)8-7-18/h1-2,4-5,13-14,17,21H,3,6-11H2/t13-,14+,17-,18+,19+,20-/m0/s1. The van der Waals surface area contributed by atoms with Crippen molar-refractivity contribution in [3.05, 3.63) is 29.8 Å². The SMILES string of the molecule is O=C1[C@H]2CN3CCC[C@]45CC[C@@]6(Nc7ccccc7[C@@]26[C@@H]34)[C@H]1C5. The van der Waals surface area contributed by atoms with Gasteiger partial charge >= 0.3 is 0 Å². The van der Waals surface area contributed by atoms with Crippen LogP contribution < -0.4 is 5.32 Å². The minimum absolute atomic E-state index is 0.0386. The van der Waals surface area contributed by atoms with Crippen LogP contribution in [0.5, 0.6) is 0 Å². The van der Waals surface area contributed by atoms with Gasteiger partial charge in [0.1, 0.15) is 5.78 Å². The Bertz CT molecular complexity index is 790. The monoisotopic (exact) mass is 306 g/mol. The van der Waals surface area contributed by atoms with Crippen molar-refractivity contribution in [1.29, 1.82) is 0 Å². The third kappa shape index (κ3) is 0.914. The molecule has 3 aliphatic heterocycles. The molecule has 0 amide bonds. The van der Waals surface area contributed by atoms with E-state index in [1.165, 1.54) is 43.5 Å². The van der Waals surface area contributed by atoms with Crippen LogP contribution in [0.15, 0.2) is 24.3 Å². The van der Waals surface area contributed by atoms with Gasteiger partial charge in [-0.2, -0.15) is 0 Å². The lowest BCUT2D eigenvalue weighted by atomic mass is 9.41. The molecule has 0 unspecified atom stereocenters. The zero-order valence-corrected chi connectivity index (χ0v) is 13.3. The highest BCUT2D eigenvalue weighted by Gasteiger charge is 2.86. The maximum atomic E-state index is 13.4. The maximum Gasteiger partial charge on any atom is 0.143 e. The summed E-state index contributed by atoms with van der Waals surface area (Å²) in [6.07, 6.45) is 6.38. The van der Waals surface area contributed by atoms with Gasteiger partial charge in [0.2, 0.25) is 0 Å². The van der Waals surface area contributed by atoms with Crippen LogP contribution in [0.1, 0.15) is 37.7 Å². The van der Waals surface area contributed by atoms with Crippen LogP contribution in [0.25, 0.3) is 0 Å². The number of carbonyl (C=O) groups excluding carboxylic acids is 1. The van der Waals surface area contributed by atoms with Gasteiger partial charge in [-0.3, -0.25) is 9.69 Å². The third-order valence-electron chi connectivity index (χ3n) is 8.84. The highest BCUT2D eigenvalue weighted by atomic mass is 16.1. The van der Waals surface area contributed by atoms with Crippen LogP contribution in [-0.4, -0.2) is 35.4 Å². The predicted molar refractivity (Wildman–Crippen MR) is 87.3 cm³/mol. The number of ketones is 1. The number of nitrogens with one attached hydrogen (secondary N) is 1. The predicted octanol–water partition coefficient (Wildman–Crippen LogP) is 2.57. The van der Waals surface area contributed by atoms with Crippen molar-refractivity contribution in [1.82, 2.24) is 4.90 Å². The molecule has 4 saturated carbocycles. The Morgan fingerprint density at radius 2 is 2.04 bits per heavy atom. The molecule has 1 aromatic rings. The van der Waals surface area contributed by atoms with Gasteiger partial charge in [-0.05, 0) is 55.7 Å². The molecule has 3 heterocycles. The fourth-order valence-electron chi connectivity index (χ4n) is 8.57. The van der Waals surface area contributed by atoms with Crippen LogP contribution in [-0.2, 0) is 10.2 Å².